The molecule has 114 valence electrons. The largest absolute Gasteiger partial charge is 0.476 e. The summed E-state index contributed by atoms with van der Waals surface area (Å²) in [4.78, 5) is 33.6. The smallest absolute Gasteiger partial charge is 0.358 e. The van der Waals surface area contributed by atoms with E-state index in [1.165, 1.54) is 6.20 Å². The van der Waals surface area contributed by atoms with Crippen molar-refractivity contribution >= 4 is 17.8 Å². The molecule has 0 unspecified atom stereocenters. The molecule has 0 aromatic carbocycles. The van der Waals surface area contributed by atoms with Gasteiger partial charge in [0.1, 0.15) is 6.54 Å². The van der Waals surface area contributed by atoms with Crippen LogP contribution in [-0.2, 0) is 16.1 Å². The van der Waals surface area contributed by atoms with Crippen molar-refractivity contribution in [2.24, 2.45) is 0 Å². The van der Waals surface area contributed by atoms with Crippen LogP contribution in [0.2, 0.25) is 0 Å². The third-order valence-electron chi connectivity index (χ3n) is 2.91. The number of carboxylic acid groups (broad SMARTS) is 1. The summed E-state index contributed by atoms with van der Waals surface area (Å²) in [5, 5.41) is 21.1. The molecule has 0 spiro atoms. The highest BCUT2D eigenvalue weighted by atomic mass is 16.4. The Balaban J connectivity index is 1.60. The van der Waals surface area contributed by atoms with E-state index in [9.17, 15) is 14.4 Å². The van der Waals surface area contributed by atoms with E-state index in [2.05, 4.69) is 20.9 Å². The summed E-state index contributed by atoms with van der Waals surface area (Å²) in [7, 11) is 0. The van der Waals surface area contributed by atoms with E-state index in [1.54, 1.807) is 0 Å². The lowest BCUT2D eigenvalue weighted by Gasteiger charge is -2.05. The van der Waals surface area contributed by atoms with E-state index in [0.717, 1.165) is 17.5 Å². The monoisotopic (exact) mass is 295 g/mol. The van der Waals surface area contributed by atoms with Crippen LogP contribution < -0.4 is 10.6 Å². The third kappa shape index (κ3) is 5.21. The first-order chi connectivity index (χ1) is 10.0. The second-order valence-electron chi connectivity index (χ2n) is 4.90. The number of hydrogen-bond donors (Lipinski definition) is 3. The number of nitrogens with one attached hydrogen (secondary N) is 2. The van der Waals surface area contributed by atoms with Crippen LogP contribution in [0.25, 0.3) is 0 Å². The van der Waals surface area contributed by atoms with Gasteiger partial charge in [0.25, 0.3) is 0 Å². The maximum atomic E-state index is 11.6. The van der Waals surface area contributed by atoms with Gasteiger partial charge in [0.15, 0.2) is 5.69 Å². The number of nitrogens with zero attached hydrogens (tertiary/aromatic N) is 3. The zero-order valence-corrected chi connectivity index (χ0v) is 11.4. The van der Waals surface area contributed by atoms with Crippen LogP contribution in [0.4, 0.5) is 0 Å². The van der Waals surface area contributed by atoms with Crippen LogP contribution in [-0.4, -0.2) is 50.5 Å². The minimum Gasteiger partial charge on any atom is -0.476 e. The van der Waals surface area contributed by atoms with Gasteiger partial charge < -0.3 is 15.7 Å². The van der Waals surface area contributed by atoms with Crippen molar-refractivity contribution in [2.45, 2.75) is 38.3 Å². The summed E-state index contributed by atoms with van der Waals surface area (Å²) in [5.74, 6) is -1.49. The molecule has 1 aromatic heterocycles. The molecular formula is C12H17N5O4. The molecule has 21 heavy (non-hydrogen) atoms. The molecule has 0 atom stereocenters. The molecule has 1 aromatic rings. The van der Waals surface area contributed by atoms with Crippen molar-refractivity contribution in [3.63, 3.8) is 0 Å². The predicted octanol–water partition coefficient (Wildman–Crippen LogP) is -0.849. The van der Waals surface area contributed by atoms with Crippen LogP contribution >= 0.6 is 0 Å². The van der Waals surface area contributed by atoms with Gasteiger partial charge >= 0.3 is 5.97 Å². The van der Waals surface area contributed by atoms with Gasteiger partial charge in [0.2, 0.25) is 11.8 Å². The Morgan fingerprint density at radius 3 is 2.71 bits per heavy atom. The van der Waals surface area contributed by atoms with Crippen molar-refractivity contribution in [3.05, 3.63) is 11.9 Å². The lowest BCUT2D eigenvalue weighted by atomic mass is 10.3. The van der Waals surface area contributed by atoms with Crippen LogP contribution in [0.3, 0.4) is 0 Å². The molecule has 9 heteroatoms. The Bertz CT molecular complexity index is 538. The maximum Gasteiger partial charge on any atom is 0.358 e. The van der Waals surface area contributed by atoms with Crippen molar-refractivity contribution in [2.75, 3.05) is 6.54 Å². The number of carbonyl (C=O) groups excluding carboxylic acids is 2. The fourth-order valence-corrected chi connectivity index (χ4v) is 1.68. The second-order valence-corrected chi connectivity index (χ2v) is 4.90. The first-order valence-corrected chi connectivity index (χ1v) is 6.74. The highest BCUT2D eigenvalue weighted by molar-refractivity contribution is 5.84. The van der Waals surface area contributed by atoms with Crippen molar-refractivity contribution in [1.82, 2.24) is 25.6 Å². The Morgan fingerprint density at radius 1 is 1.33 bits per heavy atom. The van der Waals surface area contributed by atoms with E-state index in [0.29, 0.717) is 25.4 Å². The van der Waals surface area contributed by atoms with Gasteiger partial charge in [-0.3, -0.25) is 9.59 Å². The standard InChI is InChI=1S/C12H17N5O4/c18-10(14-8-3-4-8)2-1-5-13-11(19)7-17-6-9(12(20)21)15-16-17/h6,8H,1-5,7H2,(H,13,19)(H,14,18)(H,20,21). The molecule has 1 fully saturated rings. The molecule has 0 saturated heterocycles. The van der Waals surface area contributed by atoms with E-state index in [-0.39, 0.29) is 24.1 Å². The van der Waals surface area contributed by atoms with E-state index < -0.39 is 5.97 Å². The molecule has 3 N–H and O–H groups in total. The maximum absolute atomic E-state index is 11.6. The summed E-state index contributed by atoms with van der Waals surface area (Å²) in [6.45, 7) is 0.284. The summed E-state index contributed by atoms with van der Waals surface area (Å²) in [5.41, 5.74) is -0.209. The number of carbonyl (C=O) groups is 3. The summed E-state index contributed by atoms with van der Waals surface area (Å²) < 4.78 is 1.15. The Morgan fingerprint density at radius 2 is 2.10 bits per heavy atom. The summed E-state index contributed by atoms with van der Waals surface area (Å²) >= 11 is 0. The highest BCUT2D eigenvalue weighted by Gasteiger charge is 2.22. The zero-order chi connectivity index (χ0) is 15.2. The third-order valence-corrected chi connectivity index (χ3v) is 2.91. The first kappa shape index (κ1) is 14.9. The van der Waals surface area contributed by atoms with Crippen LogP contribution in [0.1, 0.15) is 36.2 Å². The second kappa shape index (κ2) is 6.82. The normalized spacial score (nSPS) is 13.7. The summed E-state index contributed by atoms with van der Waals surface area (Å²) in [6.07, 6.45) is 4.23. The molecule has 0 radical (unpaired) electrons. The molecule has 1 heterocycles. The predicted molar refractivity (Wildman–Crippen MR) is 70.4 cm³/mol. The Labute approximate surface area is 120 Å². The Kier molecular flexibility index (Phi) is 4.85. The van der Waals surface area contributed by atoms with Gasteiger partial charge in [-0.2, -0.15) is 0 Å². The minimum absolute atomic E-state index is 0.00845. The molecule has 1 aliphatic rings. The number of aromatic carboxylic acids is 1. The molecule has 0 bridgehead atoms. The molecule has 2 amide bonds. The average molecular weight is 295 g/mol. The minimum atomic E-state index is -1.19. The highest BCUT2D eigenvalue weighted by Crippen LogP contribution is 2.18. The van der Waals surface area contributed by atoms with Gasteiger partial charge in [-0.1, -0.05) is 5.21 Å². The van der Waals surface area contributed by atoms with E-state index in [1.807, 2.05) is 0 Å². The first-order valence-electron chi connectivity index (χ1n) is 6.74. The number of carboxylic acids is 1. The molecule has 0 aliphatic heterocycles. The van der Waals surface area contributed by atoms with Crippen LogP contribution in [0.15, 0.2) is 6.20 Å². The van der Waals surface area contributed by atoms with Crippen molar-refractivity contribution < 1.29 is 19.5 Å². The van der Waals surface area contributed by atoms with Crippen molar-refractivity contribution in [3.8, 4) is 0 Å². The molecule has 9 nitrogen and oxygen atoms in total. The SMILES string of the molecule is O=C(Cn1cc(C(=O)O)nn1)NCCCC(=O)NC1CC1. The van der Waals surface area contributed by atoms with Crippen LogP contribution in [0, 0.1) is 0 Å². The quantitative estimate of drug-likeness (QED) is 0.536. The lowest BCUT2D eigenvalue weighted by molar-refractivity contribution is -0.123. The molecule has 1 saturated carbocycles. The van der Waals surface area contributed by atoms with E-state index in [4.69, 9.17) is 5.11 Å². The Hall–Kier alpha value is -2.45. The molecular weight excluding hydrogens is 278 g/mol. The number of amides is 2. The fourth-order valence-electron chi connectivity index (χ4n) is 1.68. The molecule has 1 aliphatic carbocycles. The van der Waals surface area contributed by atoms with Crippen LogP contribution in [0.5, 0.6) is 0 Å². The zero-order valence-electron chi connectivity index (χ0n) is 11.4. The van der Waals surface area contributed by atoms with Gasteiger partial charge in [0, 0.05) is 19.0 Å². The molecule has 2 rings (SSSR count). The number of rotatable bonds is 8. The van der Waals surface area contributed by atoms with Gasteiger partial charge in [-0.05, 0) is 19.3 Å². The number of hydrogen-bond acceptors (Lipinski definition) is 5. The van der Waals surface area contributed by atoms with Crippen molar-refractivity contribution in [1.29, 1.82) is 0 Å². The summed E-state index contributed by atoms with van der Waals surface area (Å²) in [6, 6.07) is 0.350. The lowest BCUT2D eigenvalue weighted by Crippen LogP contribution is -2.30. The van der Waals surface area contributed by atoms with Gasteiger partial charge in [-0.25, -0.2) is 9.48 Å². The average Bonchev–Trinajstić information content (AvgIpc) is 3.10. The fraction of sp³-hybridized carbons (Fsp3) is 0.583. The number of aromatic nitrogens is 3. The topological polar surface area (TPSA) is 126 Å². The van der Waals surface area contributed by atoms with Gasteiger partial charge in [0.05, 0.1) is 6.20 Å². The van der Waals surface area contributed by atoms with E-state index >= 15 is 0 Å². The van der Waals surface area contributed by atoms with Gasteiger partial charge in [-0.15, -0.1) is 5.10 Å².